The number of aliphatic hydroxyl groups is 1. The highest BCUT2D eigenvalue weighted by Gasteiger charge is 2.50. The van der Waals surface area contributed by atoms with Crippen molar-refractivity contribution in [3.8, 4) is 5.75 Å². The smallest absolute Gasteiger partial charge is 0.119 e. The van der Waals surface area contributed by atoms with Gasteiger partial charge in [-0.05, 0) is 60.4 Å². The molecule has 0 heterocycles. The zero-order chi connectivity index (χ0) is 18.7. The molecule has 1 aromatic rings. The predicted octanol–water partition coefficient (Wildman–Crippen LogP) is 3.50. The number of ether oxygens (including phenoxy) is 2. The van der Waals surface area contributed by atoms with E-state index in [0.717, 1.165) is 18.2 Å². The van der Waals surface area contributed by atoms with Gasteiger partial charge in [0.05, 0.1) is 26.4 Å². The summed E-state index contributed by atoms with van der Waals surface area (Å²) in [5, 5.41) is 10.3. The van der Waals surface area contributed by atoms with Gasteiger partial charge >= 0.3 is 0 Å². The Balaban J connectivity index is 1.38. The molecule has 3 atom stereocenters. The van der Waals surface area contributed by atoms with Crippen LogP contribution in [0.25, 0.3) is 0 Å². The number of methoxy groups -OCH3 is 1. The van der Waals surface area contributed by atoms with E-state index >= 15 is 0 Å². The predicted molar refractivity (Wildman–Crippen MR) is 104 cm³/mol. The number of allylic oxidation sites excluding steroid dienone is 1. The van der Waals surface area contributed by atoms with Crippen LogP contribution in [0.3, 0.4) is 0 Å². The summed E-state index contributed by atoms with van der Waals surface area (Å²) in [5.74, 6) is 2.39. The van der Waals surface area contributed by atoms with Crippen LogP contribution in [0.2, 0.25) is 0 Å². The van der Waals surface area contributed by atoms with Crippen LogP contribution < -0.4 is 4.74 Å². The Morgan fingerprint density at radius 1 is 1.35 bits per heavy atom. The maximum Gasteiger partial charge on any atom is 0.119 e. The Morgan fingerprint density at radius 2 is 2.15 bits per heavy atom. The Bertz CT molecular complexity index is 640. The molecule has 0 unspecified atom stereocenters. The van der Waals surface area contributed by atoms with E-state index in [-0.39, 0.29) is 0 Å². The summed E-state index contributed by atoms with van der Waals surface area (Å²) in [6, 6.07) is 8.04. The van der Waals surface area contributed by atoms with Crippen molar-refractivity contribution < 1.29 is 14.6 Å². The van der Waals surface area contributed by atoms with Crippen LogP contribution in [-0.2, 0) is 11.3 Å². The maximum absolute atomic E-state index is 10.3. The van der Waals surface area contributed by atoms with E-state index in [4.69, 9.17) is 9.47 Å². The molecule has 26 heavy (non-hydrogen) atoms. The molecular formula is C22H33NO3. The first-order chi connectivity index (χ1) is 12.4. The molecule has 0 amide bonds. The summed E-state index contributed by atoms with van der Waals surface area (Å²) in [4.78, 5) is 2.11. The standard InChI is InChI=1S/C22H33NO3/c1-22(2)18-9-8-17(21(22)11-18)14-26-15-19(24)13-23(3)12-16-6-5-7-20(10-16)25-4/h5-8,10,18-19,21,24H,9,11-15H2,1-4H3/t18-,19+,21-/m0/s1. The van der Waals surface area contributed by atoms with Crippen LogP contribution in [-0.4, -0.2) is 50.0 Å². The number of benzene rings is 1. The summed E-state index contributed by atoms with van der Waals surface area (Å²) in [7, 11) is 3.69. The zero-order valence-electron chi connectivity index (χ0n) is 16.6. The Kier molecular flexibility index (Phi) is 6.06. The van der Waals surface area contributed by atoms with Crippen LogP contribution in [0, 0.1) is 17.3 Å². The third kappa shape index (κ3) is 4.30. The topological polar surface area (TPSA) is 41.9 Å². The molecule has 4 heteroatoms. The van der Waals surface area contributed by atoms with E-state index in [1.807, 2.05) is 25.2 Å². The number of hydrogen-bond acceptors (Lipinski definition) is 4. The molecule has 1 saturated carbocycles. The van der Waals surface area contributed by atoms with Crippen LogP contribution in [0.4, 0.5) is 0 Å². The van der Waals surface area contributed by atoms with Crippen LogP contribution in [0.5, 0.6) is 5.75 Å². The van der Waals surface area contributed by atoms with Crippen molar-refractivity contribution in [1.29, 1.82) is 0 Å². The van der Waals surface area contributed by atoms with Crippen molar-refractivity contribution in [3.63, 3.8) is 0 Å². The first-order valence-corrected chi connectivity index (χ1v) is 9.66. The molecule has 0 saturated heterocycles. The minimum absolute atomic E-state index is 0.385. The molecule has 0 aliphatic heterocycles. The fraction of sp³-hybridized carbons (Fsp3) is 0.636. The van der Waals surface area contributed by atoms with Gasteiger partial charge in [0.25, 0.3) is 0 Å². The Hall–Kier alpha value is -1.36. The van der Waals surface area contributed by atoms with Gasteiger partial charge in [-0.25, -0.2) is 0 Å². The van der Waals surface area contributed by atoms with E-state index in [0.29, 0.717) is 31.1 Å². The lowest BCUT2D eigenvalue weighted by molar-refractivity contribution is -0.0257. The average Bonchev–Trinajstić information content (AvgIpc) is 2.61. The molecule has 1 aromatic carbocycles. The average molecular weight is 360 g/mol. The van der Waals surface area contributed by atoms with Crippen molar-refractivity contribution in [2.45, 2.75) is 39.3 Å². The lowest BCUT2D eigenvalue weighted by Gasteiger charge is -2.56. The molecule has 1 fully saturated rings. The molecule has 2 bridgehead atoms. The van der Waals surface area contributed by atoms with E-state index in [9.17, 15) is 5.11 Å². The van der Waals surface area contributed by atoms with E-state index in [1.165, 1.54) is 24.0 Å². The molecule has 144 valence electrons. The van der Waals surface area contributed by atoms with Crippen LogP contribution >= 0.6 is 0 Å². The fourth-order valence-corrected chi connectivity index (χ4v) is 4.51. The SMILES string of the molecule is COc1cccc(CN(C)C[C@@H](O)COCC2=CC[C@H]3C[C@@H]2C3(C)C)c1. The molecule has 4 rings (SSSR count). The van der Waals surface area contributed by atoms with Crippen molar-refractivity contribution in [1.82, 2.24) is 4.90 Å². The largest absolute Gasteiger partial charge is 0.497 e. The van der Waals surface area contributed by atoms with E-state index < -0.39 is 6.10 Å². The minimum atomic E-state index is -0.475. The number of likely N-dealkylation sites (N-methyl/N-ethyl adjacent to an activating group) is 1. The van der Waals surface area contributed by atoms with Gasteiger partial charge < -0.3 is 14.6 Å². The molecule has 0 spiro atoms. The summed E-state index contributed by atoms with van der Waals surface area (Å²) in [6.45, 7) is 7.17. The normalized spacial score (nSPS) is 24.8. The molecule has 0 radical (unpaired) electrons. The first-order valence-electron chi connectivity index (χ1n) is 9.66. The maximum atomic E-state index is 10.3. The summed E-state index contributed by atoms with van der Waals surface area (Å²) >= 11 is 0. The molecule has 3 aliphatic rings. The second kappa shape index (κ2) is 8.12. The molecule has 3 aliphatic carbocycles. The van der Waals surface area contributed by atoms with Gasteiger partial charge in [0.1, 0.15) is 5.75 Å². The van der Waals surface area contributed by atoms with Crippen molar-refractivity contribution in [2.75, 3.05) is 33.9 Å². The first kappa shape index (κ1) is 19.4. The third-order valence-electron chi connectivity index (χ3n) is 6.27. The van der Waals surface area contributed by atoms with Crippen LogP contribution in [0.1, 0.15) is 32.3 Å². The van der Waals surface area contributed by atoms with Gasteiger partial charge in [-0.1, -0.05) is 32.1 Å². The monoisotopic (exact) mass is 359 g/mol. The number of hydrogen-bond donors (Lipinski definition) is 1. The van der Waals surface area contributed by atoms with Gasteiger partial charge in [-0.15, -0.1) is 0 Å². The highest BCUT2D eigenvalue weighted by Crippen LogP contribution is 2.59. The van der Waals surface area contributed by atoms with Gasteiger partial charge in [0, 0.05) is 13.1 Å². The Labute approximate surface area is 157 Å². The fourth-order valence-electron chi connectivity index (χ4n) is 4.51. The summed E-state index contributed by atoms with van der Waals surface area (Å²) in [5.41, 5.74) is 3.05. The van der Waals surface area contributed by atoms with Crippen molar-refractivity contribution in [3.05, 3.63) is 41.5 Å². The van der Waals surface area contributed by atoms with Gasteiger partial charge in [0.15, 0.2) is 0 Å². The molecule has 1 N–H and O–H groups in total. The van der Waals surface area contributed by atoms with Gasteiger partial charge in [-0.2, -0.15) is 0 Å². The quantitative estimate of drug-likeness (QED) is 0.685. The summed E-state index contributed by atoms with van der Waals surface area (Å²) in [6.07, 6.45) is 4.39. The lowest BCUT2D eigenvalue weighted by atomic mass is 9.49. The lowest BCUT2D eigenvalue weighted by Crippen LogP contribution is -2.48. The highest BCUT2D eigenvalue weighted by molar-refractivity contribution is 5.28. The number of nitrogens with zero attached hydrogens (tertiary/aromatic N) is 1. The van der Waals surface area contributed by atoms with Crippen molar-refractivity contribution >= 4 is 0 Å². The van der Waals surface area contributed by atoms with Gasteiger partial charge in [-0.3, -0.25) is 4.90 Å². The number of fused-ring (bicyclic) bond motifs is 1. The zero-order valence-corrected chi connectivity index (χ0v) is 16.6. The molecule has 0 aromatic heterocycles. The summed E-state index contributed by atoms with van der Waals surface area (Å²) < 4.78 is 11.1. The van der Waals surface area contributed by atoms with Crippen molar-refractivity contribution in [2.24, 2.45) is 17.3 Å². The molecule has 4 nitrogen and oxygen atoms in total. The van der Waals surface area contributed by atoms with E-state index in [1.54, 1.807) is 7.11 Å². The van der Waals surface area contributed by atoms with E-state index in [2.05, 4.69) is 30.9 Å². The van der Waals surface area contributed by atoms with Crippen LogP contribution in [0.15, 0.2) is 35.9 Å². The second-order valence-corrected chi connectivity index (χ2v) is 8.54. The second-order valence-electron chi connectivity index (χ2n) is 8.54. The number of aliphatic hydroxyl groups excluding tert-OH is 1. The molecular weight excluding hydrogens is 326 g/mol. The van der Waals surface area contributed by atoms with Gasteiger partial charge in [0.2, 0.25) is 0 Å². The minimum Gasteiger partial charge on any atom is -0.497 e. The number of rotatable bonds is 9. The highest BCUT2D eigenvalue weighted by atomic mass is 16.5. The third-order valence-corrected chi connectivity index (χ3v) is 6.27. The Morgan fingerprint density at radius 3 is 2.85 bits per heavy atom.